The molecule has 176 valence electrons. The van der Waals surface area contributed by atoms with Crippen LogP contribution in [0.2, 0.25) is 0 Å². The van der Waals surface area contributed by atoms with Crippen LogP contribution in [0.3, 0.4) is 0 Å². The second-order valence-corrected chi connectivity index (χ2v) is 7.21. The van der Waals surface area contributed by atoms with E-state index in [-0.39, 0.29) is 36.6 Å². The summed E-state index contributed by atoms with van der Waals surface area (Å²) in [4.78, 5) is 20.6. The summed E-state index contributed by atoms with van der Waals surface area (Å²) < 4.78 is 43.2. The third kappa shape index (κ3) is 11.5. The van der Waals surface area contributed by atoms with Crippen molar-refractivity contribution in [3.63, 3.8) is 0 Å². The summed E-state index contributed by atoms with van der Waals surface area (Å²) in [5, 5.41) is 10.1. The zero-order valence-corrected chi connectivity index (χ0v) is 17.9. The van der Waals surface area contributed by atoms with Crippen LogP contribution in [0.1, 0.15) is 52.4 Å². The van der Waals surface area contributed by atoms with Crippen LogP contribution in [0.4, 0.5) is 13.2 Å². The molecule has 10 heteroatoms. The molecule has 30 heavy (non-hydrogen) atoms. The van der Waals surface area contributed by atoms with Gasteiger partial charge in [0.1, 0.15) is 0 Å². The Bertz CT molecular complexity index is 529. The smallest absolute Gasteiger partial charge is 0.475 e. The van der Waals surface area contributed by atoms with Crippen LogP contribution in [0.25, 0.3) is 0 Å². The molecule has 1 fully saturated rings. The molecule has 1 rings (SSSR count). The standard InChI is InChI=1S/C18H34N2O3.C2HF3O2/c1-4-5-6-7-8-9-10-11-15-17(20-16(21)12-19)18(22-3)14(2)13-23-15;3-2(4,5)1(6)7/h10-11,14-15,17-18H,4-9,12-13,19H2,1-3H3,(H,20,21);(H,6,7)/b11-10+;/t14-,15-,17-,18-;/m0./s1. The van der Waals surface area contributed by atoms with E-state index < -0.39 is 12.1 Å². The minimum atomic E-state index is -5.08. The molecule has 0 bridgehead atoms. The minimum Gasteiger partial charge on any atom is -0.475 e. The fraction of sp³-hybridized carbons (Fsp3) is 0.800. The molecule has 0 unspecified atom stereocenters. The van der Waals surface area contributed by atoms with E-state index in [4.69, 9.17) is 25.1 Å². The lowest BCUT2D eigenvalue weighted by Crippen LogP contribution is -2.58. The van der Waals surface area contributed by atoms with Gasteiger partial charge >= 0.3 is 12.1 Å². The molecule has 1 amide bonds. The molecule has 1 aliphatic rings. The Morgan fingerprint density at radius 2 is 1.87 bits per heavy atom. The van der Waals surface area contributed by atoms with Gasteiger partial charge in [0.05, 0.1) is 31.4 Å². The predicted molar refractivity (Wildman–Crippen MR) is 107 cm³/mol. The van der Waals surface area contributed by atoms with E-state index in [0.717, 1.165) is 6.42 Å². The summed E-state index contributed by atoms with van der Waals surface area (Å²) in [7, 11) is 1.68. The zero-order chi connectivity index (χ0) is 23.2. The molecule has 1 heterocycles. The van der Waals surface area contributed by atoms with Gasteiger partial charge in [-0.3, -0.25) is 4.79 Å². The minimum absolute atomic E-state index is 0.0187. The van der Waals surface area contributed by atoms with Gasteiger partial charge in [-0.15, -0.1) is 0 Å². The van der Waals surface area contributed by atoms with Crippen molar-refractivity contribution in [1.29, 1.82) is 0 Å². The molecule has 0 aromatic heterocycles. The fourth-order valence-corrected chi connectivity index (χ4v) is 3.06. The Kier molecular flexibility index (Phi) is 14.4. The number of unbranched alkanes of at least 4 members (excludes halogenated alkanes) is 5. The number of nitrogens with two attached hydrogens (primary N) is 1. The second kappa shape index (κ2) is 15.2. The van der Waals surface area contributed by atoms with Gasteiger partial charge in [-0.25, -0.2) is 4.79 Å². The number of carbonyl (C=O) groups is 2. The summed E-state index contributed by atoms with van der Waals surface area (Å²) in [6, 6.07) is -0.184. The maximum atomic E-state index is 11.7. The largest absolute Gasteiger partial charge is 0.490 e. The average molecular weight is 441 g/mol. The van der Waals surface area contributed by atoms with Gasteiger partial charge in [0.25, 0.3) is 0 Å². The molecule has 0 spiro atoms. The first-order chi connectivity index (χ1) is 14.1. The number of halogens is 3. The van der Waals surface area contributed by atoms with Gasteiger partial charge in [-0.1, -0.05) is 51.7 Å². The number of rotatable bonds is 10. The van der Waals surface area contributed by atoms with Crippen molar-refractivity contribution >= 4 is 11.9 Å². The van der Waals surface area contributed by atoms with Crippen LogP contribution >= 0.6 is 0 Å². The number of alkyl halides is 3. The zero-order valence-electron chi connectivity index (χ0n) is 17.9. The Morgan fingerprint density at radius 3 is 2.37 bits per heavy atom. The summed E-state index contributed by atoms with van der Waals surface area (Å²) in [5.41, 5.74) is 5.42. The number of hydrogen-bond acceptors (Lipinski definition) is 5. The van der Waals surface area contributed by atoms with Crippen molar-refractivity contribution in [1.82, 2.24) is 5.32 Å². The van der Waals surface area contributed by atoms with E-state index in [1.807, 2.05) is 0 Å². The van der Waals surface area contributed by atoms with E-state index in [0.29, 0.717) is 6.61 Å². The molecule has 4 N–H and O–H groups in total. The Hall–Kier alpha value is -1.65. The molecular formula is C20H35F3N2O5. The number of ether oxygens (including phenoxy) is 2. The first kappa shape index (κ1) is 28.4. The number of carboxylic acid groups (broad SMARTS) is 1. The van der Waals surface area contributed by atoms with Gasteiger partial charge in [0.15, 0.2) is 0 Å². The molecule has 0 aromatic carbocycles. The van der Waals surface area contributed by atoms with Crippen molar-refractivity contribution in [2.45, 2.75) is 76.8 Å². The maximum Gasteiger partial charge on any atom is 0.490 e. The van der Waals surface area contributed by atoms with Crippen molar-refractivity contribution in [2.24, 2.45) is 11.7 Å². The highest BCUT2D eigenvalue weighted by molar-refractivity contribution is 5.78. The van der Waals surface area contributed by atoms with Gasteiger partial charge in [0.2, 0.25) is 5.91 Å². The molecule has 0 aliphatic carbocycles. The first-order valence-corrected chi connectivity index (χ1v) is 10.2. The lowest BCUT2D eigenvalue weighted by Gasteiger charge is -2.40. The van der Waals surface area contributed by atoms with Crippen molar-refractivity contribution in [2.75, 3.05) is 20.3 Å². The third-order valence-corrected chi connectivity index (χ3v) is 4.65. The van der Waals surface area contributed by atoms with Crippen LogP contribution < -0.4 is 11.1 Å². The van der Waals surface area contributed by atoms with Crippen molar-refractivity contribution in [3.8, 4) is 0 Å². The molecule has 0 radical (unpaired) electrons. The molecule has 4 atom stereocenters. The molecular weight excluding hydrogens is 405 g/mol. The summed E-state index contributed by atoms with van der Waals surface area (Å²) in [6.07, 6.45) is 6.36. The average Bonchev–Trinajstić information content (AvgIpc) is 2.68. The van der Waals surface area contributed by atoms with E-state index in [9.17, 15) is 18.0 Å². The van der Waals surface area contributed by atoms with E-state index >= 15 is 0 Å². The topological polar surface area (TPSA) is 111 Å². The van der Waals surface area contributed by atoms with Crippen LogP contribution in [0.15, 0.2) is 12.2 Å². The first-order valence-electron chi connectivity index (χ1n) is 10.2. The predicted octanol–water partition coefficient (Wildman–Crippen LogP) is 3.03. The van der Waals surface area contributed by atoms with E-state index in [2.05, 4.69) is 31.3 Å². The second-order valence-electron chi connectivity index (χ2n) is 7.21. The van der Waals surface area contributed by atoms with Crippen LogP contribution in [-0.2, 0) is 19.1 Å². The number of carbonyl (C=O) groups excluding carboxylic acids is 1. The third-order valence-electron chi connectivity index (χ3n) is 4.65. The lowest BCUT2D eigenvalue weighted by atomic mass is 9.90. The molecule has 0 aromatic rings. The van der Waals surface area contributed by atoms with Gasteiger partial charge in [-0.2, -0.15) is 13.2 Å². The van der Waals surface area contributed by atoms with Crippen molar-refractivity contribution < 1.29 is 37.3 Å². The number of carboxylic acids is 1. The number of amides is 1. The molecule has 7 nitrogen and oxygen atoms in total. The normalized spacial score (nSPS) is 24.2. The van der Waals surface area contributed by atoms with Crippen LogP contribution in [0, 0.1) is 5.92 Å². The SMILES string of the molecule is CCCCCCC/C=C/[C@@H]1OC[C@H](C)[C@H](OC)[C@H]1NC(=O)CN.O=C(O)C(F)(F)F. The highest BCUT2D eigenvalue weighted by Crippen LogP contribution is 2.23. The van der Waals surface area contributed by atoms with E-state index in [1.165, 1.54) is 32.1 Å². The number of allylic oxidation sites excluding steroid dienone is 1. The summed E-state index contributed by atoms with van der Waals surface area (Å²) in [6.45, 7) is 4.92. The number of hydrogen-bond donors (Lipinski definition) is 3. The molecule has 0 saturated carbocycles. The van der Waals surface area contributed by atoms with Gasteiger partial charge in [0, 0.05) is 13.0 Å². The molecule has 1 saturated heterocycles. The maximum absolute atomic E-state index is 11.7. The Balaban J connectivity index is 0.00000103. The number of methoxy groups -OCH3 is 1. The highest BCUT2D eigenvalue weighted by Gasteiger charge is 2.39. The van der Waals surface area contributed by atoms with Crippen LogP contribution in [0.5, 0.6) is 0 Å². The summed E-state index contributed by atoms with van der Waals surface area (Å²) >= 11 is 0. The van der Waals surface area contributed by atoms with Crippen LogP contribution in [-0.4, -0.2) is 61.7 Å². The fourth-order valence-electron chi connectivity index (χ4n) is 3.06. The Labute approximate surface area is 176 Å². The monoisotopic (exact) mass is 440 g/mol. The Morgan fingerprint density at radius 1 is 1.27 bits per heavy atom. The highest BCUT2D eigenvalue weighted by atomic mass is 19.4. The number of aliphatic carboxylic acids is 1. The van der Waals surface area contributed by atoms with Gasteiger partial charge < -0.3 is 25.6 Å². The van der Waals surface area contributed by atoms with Gasteiger partial charge in [-0.05, 0) is 12.8 Å². The lowest BCUT2D eigenvalue weighted by molar-refractivity contribution is -0.192. The quantitative estimate of drug-likeness (QED) is 0.356. The number of nitrogens with one attached hydrogen (secondary N) is 1. The summed E-state index contributed by atoms with van der Waals surface area (Å²) in [5.74, 6) is -2.69. The molecule has 1 aliphatic heterocycles. The van der Waals surface area contributed by atoms with Crippen molar-refractivity contribution in [3.05, 3.63) is 12.2 Å². The van der Waals surface area contributed by atoms with E-state index in [1.54, 1.807) is 7.11 Å².